The standard InChI is InChI=1S/C35H50N6O2S/c1-4-15-38(16-5-1)33-32(37-21-25-42-26-22-37)34(39-23-27-44-28-24-39,31-12-8-10-29-9-2-3-11-30(29)31)35(43-33,40-17-6-7-18-40)41-19-13-36-14-20-41/h2-3,8-12,36H,1,4-7,13-28H2. The van der Waals surface area contributed by atoms with E-state index in [0.29, 0.717) is 0 Å². The van der Waals surface area contributed by atoms with Crippen molar-refractivity contribution in [3.63, 3.8) is 0 Å². The van der Waals surface area contributed by atoms with Crippen LogP contribution in [0.4, 0.5) is 0 Å². The maximum atomic E-state index is 8.05. The highest BCUT2D eigenvalue weighted by Crippen LogP contribution is 2.60. The van der Waals surface area contributed by atoms with Crippen LogP contribution in [-0.2, 0) is 15.0 Å². The molecule has 0 aromatic heterocycles. The van der Waals surface area contributed by atoms with Gasteiger partial charge >= 0.3 is 0 Å². The van der Waals surface area contributed by atoms with E-state index < -0.39 is 11.4 Å². The van der Waals surface area contributed by atoms with Gasteiger partial charge in [0, 0.05) is 90.0 Å². The Hall–Kier alpha value is -2.01. The lowest BCUT2D eigenvalue weighted by Crippen LogP contribution is -2.77. The highest BCUT2D eigenvalue weighted by Gasteiger charge is 2.73. The summed E-state index contributed by atoms with van der Waals surface area (Å²) in [5.74, 6) is 2.82. The van der Waals surface area contributed by atoms with Crippen LogP contribution in [0.2, 0.25) is 0 Å². The van der Waals surface area contributed by atoms with Gasteiger partial charge in [0.05, 0.1) is 13.2 Å². The van der Waals surface area contributed by atoms with Gasteiger partial charge in [-0.2, -0.15) is 11.8 Å². The molecule has 8 rings (SSSR count). The van der Waals surface area contributed by atoms with Crippen molar-refractivity contribution in [1.29, 1.82) is 0 Å². The molecule has 5 fully saturated rings. The summed E-state index contributed by atoms with van der Waals surface area (Å²) in [6, 6.07) is 16.2. The number of nitrogens with zero attached hydrogens (tertiary/aromatic N) is 5. The summed E-state index contributed by atoms with van der Waals surface area (Å²) < 4.78 is 14.1. The van der Waals surface area contributed by atoms with Crippen molar-refractivity contribution in [2.75, 3.05) is 103 Å². The molecule has 0 amide bonds. The SMILES string of the molecule is c1ccc2c(C3(N4CCSCC4)C(N4CCOCC4)=C(N4CCCCC4)OC3(N3CCCC3)N3CCNCC3)cccc2c1. The molecular weight excluding hydrogens is 568 g/mol. The van der Waals surface area contributed by atoms with Crippen LogP contribution in [0.1, 0.15) is 37.7 Å². The number of likely N-dealkylation sites (tertiary alicyclic amines) is 2. The maximum absolute atomic E-state index is 8.05. The normalized spacial score (nSPS) is 31.6. The van der Waals surface area contributed by atoms with Gasteiger partial charge < -0.3 is 24.6 Å². The first-order valence-electron chi connectivity index (χ1n) is 17.4. The summed E-state index contributed by atoms with van der Waals surface area (Å²) in [7, 11) is 0. The second kappa shape index (κ2) is 12.6. The zero-order chi connectivity index (χ0) is 29.4. The molecule has 2 aromatic carbocycles. The summed E-state index contributed by atoms with van der Waals surface area (Å²) in [5, 5.41) is 6.37. The Kier molecular flexibility index (Phi) is 8.45. The molecule has 6 heterocycles. The molecule has 1 N–H and O–H groups in total. The number of ether oxygens (including phenoxy) is 2. The minimum absolute atomic E-state index is 0.499. The van der Waals surface area contributed by atoms with Crippen LogP contribution < -0.4 is 5.32 Å². The zero-order valence-electron chi connectivity index (χ0n) is 26.4. The monoisotopic (exact) mass is 618 g/mol. The molecule has 0 radical (unpaired) electrons. The fourth-order valence-corrected chi connectivity index (χ4v) is 9.98. The van der Waals surface area contributed by atoms with E-state index in [0.717, 1.165) is 109 Å². The number of fused-ring (bicyclic) bond motifs is 1. The molecule has 2 unspecified atom stereocenters. The maximum Gasteiger partial charge on any atom is 0.253 e. The predicted molar refractivity (Wildman–Crippen MR) is 178 cm³/mol. The molecule has 44 heavy (non-hydrogen) atoms. The van der Waals surface area contributed by atoms with Crippen LogP contribution in [0.3, 0.4) is 0 Å². The van der Waals surface area contributed by atoms with Gasteiger partial charge in [-0.1, -0.05) is 42.5 Å². The van der Waals surface area contributed by atoms with Gasteiger partial charge in [0.15, 0.2) is 5.54 Å². The van der Waals surface area contributed by atoms with Crippen molar-refractivity contribution in [3.8, 4) is 0 Å². The first-order valence-corrected chi connectivity index (χ1v) is 18.5. The minimum Gasteiger partial charge on any atom is -0.439 e. The molecule has 0 bridgehead atoms. The van der Waals surface area contributed by atoms with E-state index in [4.69, 9.17) is 9.47 Å². The van der Waals surface area contributed by atoms with Crippen LogP contribution in [0.15, 0.2) is 54.0 Å². The third-order valence-corrected chi connectivity index (χ3v) is 11.9. The van der Waals surface area contributed by atoms with Crippen molar-refractivity contribution in [2.45, 2.75) is 43.5 Å². The number of hydrogen-bond donors (Lipinski definition) is 1. The summed E-state index contributed by atoms with van der Waals surface area (Å²) in [6.45, 7) is 13.7. The van der Waals surface area contributed by atoms with E-state index in [1.165, 1.54) is 54.1 Å². The topological polar surface area (TPSA) is 46.7 Å². The van der Waals surface area contributed by atoms with Crippen LogP contribution in [0.5, 0.6) is 0 Å². The highest BCUT2D eigenvalue weighted by molar-refractivity contribution is 7.99. The smallest absolute Gasteiger partial charge is 0.253 e. The molecule has 0 spiro atoms. The Bertz CT molecular complexity index is 1320. The quantitative estimate of drug-likeness (QED) is 0.522. The van der Waals surface area contributed by atoms with E-state index in [1.54, 1.807) is 0 Å². The number of nitrogens with one attached hydrogen (secondary N) is 1. The number of benzene rings is 2. The van der Waals surface area contributed by atoms with Gasteiger partial charge in [0.2, 0.25) is 5.88 Å². The third-order valence-electron chi connectivity index (χ3n) is 11.0. The Morgan fingerprint density at radius 1 is 0.636 bits per heavy atom. The van der Waals surface area contributed by atoms with Crippen molar-refractivity contribution >= 4 is 22.5 Å². The lowest BCUT2D eigenvalue weighted by molar-refractivity contribution is -0.280. The number of morpholine rings is 1. The fraction of sp³-hybridized carbons (Fsp3) is 0.657. The first-order chi connectivity index (χ1) is 21.8. The summed E-state index contributed by atoms with van der Waals surface area (Å²) in [4.78, 5) is 13.8. The lowest BCUT2D eigenvalue weighted by atomic mass is 9.75. The van der Waals surface area contributed by atoms with E-state index >= 15 is 0 Å². The van der Waals surface area contributed by atoms with Gasteiger partial charge in [0.25, 0.3) is 5.85 Å². The number of rotatable bonds is 6. The predicted octanol–water partition coefficient (Wildman–Crippen LogP) is 3.76. The Labute approximate surface area is 267 Å². The Balaban J connectivity index is 1.48. The summed E-state index contributed by atoms with van der Waals surface area (Å²) in [6.07, 6.45) is 6.23. The van der Waals surface area contributed by atoms with E-state index in [-0.39, 0.29) is 0 Å². The number of piperazine rings is 1. The van der Waals surface area contributed by atoms with E-state index in [9.17, 15) is 0 Å². The number of thioether (sulfide) groups is 1. The molecule has 6 aliphatic rings. The van der Waals surface area contributed by atoms with Gasteiger partial charge in [-0.05, 0) is 48.4 Å². The minimum atomic E-state index is -0.641. The molecule has 2 aromatic rings. The summed E-state index contributed by atoms with van der Waals surface area (Å²) in [5.41, 5.74) is 2.33. The van der Waals surface area contributed by atoms with Crippen LogP contribution in [0.25, 0.3) is 10.8 Å². The van der Waals surface area contributed by atoms with Crippen molar-refractivity contribution in [2.24, 2.45) is 0 Å². The largest absolute Gasteiger partial charge is 0.439 e. The van der Waals surface area contributed by atoms with Gasteiger partial charge in [-0.25, -0.2) is 4.90 Å². The van der Waals surface area contributed by atoms with Crippen LogP contribution in [0, 0.1) is 0 Å². The van der Waals surface area contributed by atoms with Crippen molar-refractivity contribution < 1.29 is 9.47 Å². The number of hydrogen-bond acceptors (Lipinski definition) is 9. The van der Waals surface area contributed by atoms with E-state index in [1.807, 2.05) is 0 Å². The Morgan fingerprint density at radius 3 is 2.09 bits per heavy atom. The highest BCUT2D eigenvalue weighted by atomic mass is 32.2. The fourth-order valence-electron chi connectivity index (χ4n) is 9.07. The zero-order valence-corrected chi connectivity index (χ0v) is 27.2. The van der Waals surface area contributed by atoms with Crippen molar-refractivity contribution in [3.05, 3.63) is 59.6 Å². The molecule has 238 valence electrons. The molecular formula is C35H50N6O2S. The molecule has 8 nitrogen and oxygen atoms in total. The first kappa shape index (κ1) is 29.4. The van der Waals surface area contributed by atoms with Gasteiger partial charge in [-0.3, -0.25) is 9.80 Å². The molecule has 5 saturated heterocycles. The Morgan fingerprint density at radius 2 is 1.32 bits per heavy atom. The van der Waals surface area contributed by atoms with E-state index in [2.05, 4.69) is 84.0 Å². The van der Waals surface area contributed by atoms with Crippen LogP contribution >= 0.6 is 11.8 Å². The summed E-state index contributed by atoms with van der Waals surface area (Å²) >= 11 is 2.11. The average molecular weight is 619 g/mol. The van der Waals surface area contributed by atoms with Crippen molar-refractivity contribution in [1.82, 2.24) is 29.8 Å². The second-order valence-corrected chi connectivity index (χ2v) is 14.5. The van der Waals surface area contributed by atoms with Crippen LogP contribution in [-0.4, -0.2) is 134 Å². The number of piperidine rings is 1. The molecule has 0 aliphatic carbocycles. The van der Waals surface area contributed by atoms with Gasteiger partial charge in [-0.15, -0.1) is 0 Å². The van der Waals surface area contributed by atoms with Gasteiger partial charge in [0.1, 0.15) is 5.70 Å². The molecule has 9 heteroatoms. The second-order valence-electron chi connectivity index (χ2n) is 13.3. The third kappa shape index (κ3) is 4.68. The molecule has 6 aliphatic heterocycles. The average Bonchev–Trinajstić information content (AvgIpc) is 3.76. The lowest BCUT2D eigenvalue weighted by Gasteiger charge is -2.60. The molecule has 0 saturated carbocycles. The molecule has 2 atom stereocenters.